The predicted molar refractivity (Wildman–Crippen MR) is 143 cm³/mol. The summed E-state index contributed by atoms with van der Waals surface area (Å²) in [6.07, 6.45) is 15.2. The number of rotatable bonds is 9. The van der Waals surface area contributed by atoms with Crippen molar-refractivity contribution in [2.75, 3.05) is 41.3 Å². The Balaban J connectivity index is 2.88. The van der Waals surface area contributed by atoms with Gasteiger partial charge in [0.1, 0.15) is 0 Å². The van der Waals surface area contributed by atoms with Crippen molar-refractivity contribution in [1.29, 1.82) is 0 Å². The molecule has 1 atom stereocenters. The Hall–Kier alpha value is -2.11. The highest BCUT2D eigenvalue weighted by atomic mass is 79.9. The summed E-state index contributed by atoms with van der Waals surface area (Å²) in [5.74, 6) is -0.0304. The second-order valence-electron chi connectivity index (χ2n) is 8.72. The third kappa shape index (κ3) is 8.79. The molecule has 0 aromatic carbocycles. The fraction of sp³-hybridized carbons (Fsp3) is 0.444. The molecule has 0 aliphatic carbocycles. The van der Waals surface area contributed by atoms with Crippen molar-refractivity contribution in [3.05, 3.63) is 81.6 Å². The van der Waals surface area contributed by atoms with E-state index < -0.39 is 0 Å². The molecule has 0 saturated heterocycles. The van der Waals surface area contributed by atoms with Gasteiger partial charge in [-0.1, -0.05) is 52.4 Å². The maximum absolute atomic E-state index is 12.1. The number of amides is 1. The van der Waals surface area contributed by atoms with Crippen molar-refractivity contribution in [2.24, 2.45) is 0 Å². The molecule has 0 aromatic heterocycles. The first-order chi connectivity index (χ1) is 15.0. The van der Waals surface area contributed by atoms with Crippen LogP contribution in [0.1, 0.15) is 34.1 Å². The SMILES string of the molecule is C=C/C(=C\C=C(/C)C1=CCN(C(C)/C(C)=C/C(C)=C(Br)/C=C\N(C)C)CC1)C(=O)N(C)C. The van der Waals surface area contributed by atoms with E-state index in [1.54, 1.807) is 25.1 Å². The van der Waals surface area contributed by atoms with Gasteiger partial charge in [0.15, 0.2) is 0 Å². The summed E-state index contributed by atoms with van der Waals surface area (Å²) in [4.78, 5) is 18.2. The van der Waals surface area contributed by atoms with Gasteiger partial charge < -0.3 is 9.80 Å². The normalized spacial score (nSPS) is 18.3. The van der Waals surface area contributed by atoms with Crippen molar-refractivity contribution in [2.45, 2.75) is 40.2 Å². The van der Waals surface area contributed by atoms with Gasteiger partial charge in [0.25, 0.3) is 5.91 Å². The number of hydrogen-bond acceptors (Lipinski definition) is 3. The molecule has 0 N–H and O–H groups in total. The topological polar surface area (TPSA) is 26.8 Å². The maximum atomic E-state index is 12.1. The highest BCUT2D eigenvalue weighted by Crippen LogP contribution is 2.24. The third-order valence-corrected chi connectivity index (χ3v) is 6.57. The summed E-state index contributed by atoms with van der Waals surface area (Å²) in [6.45, 7) is 14.4. The molecule has 0 saturated carbocycles. The summed E-state index contributed by atoms with van der Waals surface area (Å²) < 4.78 is 1.10. The molecular weight excluding hydrogens is 462 g/mol. The van der Waals surface area contributed by atoms with Crippen LogP contribution in [0.4, 0.5) is 0 Å². The second-order valence-corrected chi connectivity index (χ2v) is 9.58. The lowest BCUT2D eigenvalue weighted by Gasteiger charge is -2.33. The second kappa shape index (κ2) is 13.4. The zero-order valence-electron chi connectivity index (χ0n) is 21.1. The van der Waals surface area contributed by atoms with Crippen molar-refractivity contribution >= 4 is 21.8 Å². The number of nitrogens with zero attached hydrogens (tertiary/aromatic N) is 3. The van der Waals surface area contributed by atoms with Gasteiger partial charge in [0.05, 0.1) is 0 Å². The van der Waals surface area contributed by atoms with Crippen molar-refractivity contribution in [3.63, 3.8) is 0 Å². The molecule has 1 amide bonds. The van der Waals surface area contributed by atoms with E-state index in [1.807, 2.05) is 37.3 Å². The van der Waals surface area contributed by atoms with Gasteiger partial charge in [-0.3, -0.25) is 9.69 Å². The zero-order valence-corrected chi connectivity index (χ0v) is 22.7. The van der Waals surface area contributed by atoms with E-state index in [2.05, 4.69) is 73.3 Å². The minimum Gasteiger partial charge on any atom is -0.383 e. The van der Waals surface area contributed by atoms with Crippen LogP contribution >= 0.6 is 15.9 Å². The van der Waals surface area contributed by atoms with E-state index in [9.17, 15) is 4.79 Å². The molecule has 5 heteroatoms. The van der Waals surface area contributed by atoms with Crippen LogP contribution in [0.25, 0.3) is 0 Å². The molecule has 1 rings (SSSR count). The minimum atomic E-state index is -0.0304. The van der Waals surface area contributed by atoms with Crippen LogP contribution in [0.15, 0.2) is 81.6 Å². The summed E-state index contributed by atoms with van der Waals surface area (Å²) in [5.41, 5.74) is 5.72. The molecule has 4 nitrogen and oxygen atoms in total. The van der Waals surface area contributed by atoms with E-state index in [-0.39, 0.29) is 5.91 Å². The molecule has 1 aliphatic rings. The predicted octanol–water partition coefficient (Wildman–Crippen LogP) is 5.84. The standard InChI is InChI=1S/C27H40BrN3O/c1-10-24(27(32)30(8)9)12-11-20(2)25-13-17-31(18-14-25)23(5)21(3)19-22(4)26(28)15-16-29(6)7/h10-13,15-16,19,23H,1,14,17-18H2,2-9H3/b16-15-,20-11+,21-19+,24-12+,26-22-. The van der Waals surface area contributed by atoms with Crippen molar-refractivity contribution in [3.8, 4) is 0 Å². The van der Waals surface area contributed by atoms with Gasteiger partial charge in [-0.2, -0.15) is 0 Å². The summed E-state index contributed by atoms with van der Waals surface area (Å²) >= 11 is 3.67. The first-order valence-electron chi connectivity index (χ1n) is 11.0. The van der Waals surface area contributed by atoms with E-state index in [4.69, 9.17) is 0 Å². The Kier molecular flexibility index (Phi) is 11.7. The van der Waals surface area contributed by atoms with Gasteiger partial charge in [0, 0.05) is 57.4 Å². The van der Waals surface area contributed by atoms with Crippen molar-refractivity contribution in [1.82, 2.24) is 14.7 Å². The van der Waals surface area contributed by atoms with Crippen LogP contribution in [0, 0.1) is 0 Å². The Bertz CT molecular complexity index is 869. The van der Waals surface area contributed by atoms with Crippen LogP contribution in [-0.2, 0) is 4.79 Å². The molecule has 1 unspecified atom stereocenters. The molecule has 0 bridgehead atoms. The Labute approximate surface area is 204 Å². The van der Waals surface area contributed by atoms with Gasteiger partial charge in [-0.05, 0) is 69.2 Å². The largest absolute Gasteiger partial charge is 0.383 e. The number of carbonyl (C=O) groups excluding carboxylic acids is 1. The molecular formula is C27H40BrN3O. The Morgan fingerprint density at radius 1 is 1.19 bits per heavy atom. The van der Waals surface area contributed by atoms with E-state index >= 15 is 0 Å². The van der Waals surface area contributed by atoms with Gasteiger partial charge >= 0.3 is 0 Å². The van der Waals surface area contributed by atoms with Crippen LogP contribution in [0.5, 0.6) is 0 Å². The molecule has 176 valence electrons. The number of carbonyl (C=O) groups is 1. The lowest BCUT2D eigenvalue weighted by molar-refractivity contribution is -0.124. The zero-order chi connectivity index (χ0) is 24.4. The molecule has 1 aliphatic heterocycles. The number of halogens is 1. The quantitative estimate of drug-likeness (QED) is 0.293. The van der Waals surface area contributed by atoms with Crippen LogP contribution in [0.2, 0.25) is 0 Å². The Morgan fingerprint density at radius 3 is 2.34 bits per heavy atom. The van der Waals surface area contributed by atoms with E-state index in [0.29, 0.717) is 11.6 Å². The average Bonchev–Trinajstić information content (AvgIpc) is 2.76. The fourth-order valence-corrected chi connectivity index (χ4v) is 3.60. The minimum absolute atomic E-state index is 0.0304. The van der Waals surface area contributed by atoms with Gasteiger partial charge in [-0.15, -0.1) is 0 Å². The maximum Gasteiger partial charge on any atom is 0.253 e. The Morgan fingerprint density at radius 2 is 1.84 bits per heavy atom. The number of allylic oxidation sites excluding steroid dienone is 7. The average molecular weight is 503 g/mol. The molecule has 32 heavy (non-hydrogen) atoms. The fourth-order valence-electron chi connectivity index (χ4n) is 3.37. The molecule has 1 heterocycles. The molecule has 0 spiro atoms. The van der Waals surface area contributed by atoms with Crippen molar-refractivity contribution < 1.29 is 4.79 Å². The lowest BCUT2D eigenvalue weighted by Crippen LogP contribution is -2.37. The number of likely N-dealkylation sites (N-methyl/N-ethyl adjacent to an activating group) is 1. The van der Waals surface area contributed by atoms with Gasteiger partial charge in [-0.25, -0.2) is 0 Å². The first-order valence-corrected chi connectivity index (χ1v) is 11.8. The highest BCUT2D eigenvalue weighted by molar-refractivity contribution is 9.11. The van der Waals surface area contributed by atoms with Gasteiger partial charge in [0.2, 0.25) is 0 Å². The molecule has 0 aromatic rings. The highest BCUT2D eigenvalue weighted by Gasteiger charge is 2.19. The third-order valence-electron chi connectivity index (χ3n) is 5.68. The van der Waals surface area contributed by atoms with Crippen LogP contribution in [0.3, 0.4) is 0 Å². The summed E-state index contributed by atoms with van der Waals surface area (Å²) in [7, 11) is 7.54. The first kappa shape index (κ1) is 27.9. The monoisotopic (exact) mass is 501 g/mol. The smallest absolute Gasteiger partial charge is 0.253 e. The lowest BCUT2D eigenvalue weighted by atomic mass is 9.97. The molecule has 0 fully saturated rings. The van der Waals surface area contributed by atoms with E-state index in [0.717, 1.165) is 24.0 Å². The summed E-state index contributed by atoms with van der Waals surface area (Å²) in [5, 5.41) is 0. The molecule has 0 radical (unpaired) electrons. The van der Waals surface area contributed by atoms with Crippen LogP contribution < -0.4 is 0 Å². The van der Waals surface area contributed by atoms with Crippen LogP contribution in [-0.4, -0.2) is 67.9 Å². The number of hydrogen-bond donors (Lipinski definition) is 0. The van der Waals surface area contributed by atoms with E-state index in [1.165, 1.54) is 22.3 Å². The summed E-state index contributed by atoms with van der Waals surface area (Å²) in [6, 6.07) is 0.371.